The fourth-order valence-electron chi connectivity index (χ4n) is 0.619. The first-order valence-corrected chi connectivity index (χ1v) is 6.66. The second-order valence-electron chi connectivity index (χ2n) is 4.81. The van der Waals surface area contributed by atoms with Crippen LogP contribution >= 0.6 is 0 Å². The smallest absolute Gasteiger partial charge is 0.323 e. The van der Waals surface area contributed by atoms with Crippen LogP contribution in [0.1, 0.15) is 20.8 Å². The van der Waals surface area contributed by atoms with E-state index in [1.807, 2.05) is 0 Å². The fraction of sp³-hybridized carbons (Fsp3) is 0.750. The molecule has 0 unspecified atom stereocenters. The SMILES string of the molecule is C[C@@H](O)[C@H](N)C(=O)O.C[C@@H](O)[C@H](N)C(=O)O.C[C@@H](O)[C@H](N)C(=O)O. The number of carbonyl (C=O) groups is 3. The van der Waals surface area contributed by atoms with Crippen LogP contribution in [0.3, 0.4) is 0 Å². The maximum Gasteiger partial charge on any atom is 0.323 e. The van der Waals surface area contributed by atoms with E-state index in [9.17, 15) is 14.4 Å². The second kappa shape index (κ2) is 13.6. The molecule has 0 heterocycles. The van der Waals surface area contributed by atoms with Crippen LogP contribution in [0.4, 0.5) is 0 Å². The Bertz CT molecular complexity index is 331. The van der Waals surface area contributed by atoms with Gasteiger partial charge in [0.05, 0.1) is 18.3 Å². The molecule has 12 heteroatoms. The number of aliphatic hydroxyl groups is 3. The molecule has 0 aromatic heterocycles. The Morgan fingerprint density at radius 2 is 0.708 bits per heavy atom. The molecule has 0 spiro atoms. The molecule has 0 bridgehead atoms. The second-order valence-corrected chi connectivity index (χ2v) is 4.81. The Morgan fingerprint density at radius 3 is 0.708 bits per heavy atom. The van der Waals surface area contributed by atoms with Crippen molar-refractivity contribution in [3.8, 4) is 0 Å². The average molecular weight is 357 g/mol. The molecule has 0 fully saturated rings. The molecular weight excluding hydrogens is 330 g/mol. The highest BCUT2D eigenvalue weighted by Gasteiger charge is 2.17. The molecule has 144 valence electrons. The minimum atomic E-state index is -1.18. The van der Waals surface area contributed by atoms with Gasteiger partial charge >= 0.3 is 17.9 Å². The largest absolute Gasteiger partial charge is 0.480 e. The first kappa shape index (κ1) is 27.0. The Morgan fingerprint density at radius 1 is 0.583 bits per heavy atom. The van der Waals surface area contributed by atoms with Gasteiger partial charge in [-0.1, -0.05) is 0 Å². The van der Waals surface area contributed by atoms with Crippen LogP contribution in [0.15, 0.2) is 0 Å². The third-order valence-electron chi connectivity index (χ3n) is 2.41. The highest BCUT2D eigenvalue weighted by Crippen LogP contribution is 1.87. The molecule has 0 amide bonds. The summed E-state index contributed by atoms with van der Waals surface area (Å²) in [7, 11) is 0. The van der Waals surface area contributed by atoms with Crippen LogP contribution in [-0.4, -0.2) is 85.0 Å². The maximum atomic E-state index is 9.86. The van der Waals surface area contributed by atoms with Crippen molar-refractivity contribution in [3.05, 3.63) is 0 Å². The molecule has 0 saturated heterocycles. The molecule has 0 aliphatic rings. The zero-order valence-corrected chi connectivity index (χ0v) is 13.6. The van der Waals surface area contributed by atoms with Crippen LogP contribution in [0.5, 0.6) is 0 Å². The van der Waals surface area contributed by atoms with E-state index < -0.39 is 54.3 Å². The van der Waals surface area contributed by atoms with Crippen molar-refractivity contribution in [2.45, 2.75) is 57.2 Å². The molecular formula is C12H27N3O9. The Labute approximate surface area is 138 Å². The van der Waals surface area contributed by atoms with E-state index in [-0.39, 0.29) is 0 Å². The van der Waals surface area contributed by atoms with Crippen LogP contribution in [0.2, 0.25) is 0 Å². The summed E-state index contributed by atoms with van der Waals surface area (Å²) in [6, 6.07) is -3.47. The lowest BCUT2D eigenvalue weighted by Gasteiger charge is -2.07. The number of nitrogens with two attached hydrogens (primary N) is 3. The first-order chi connectivity index (χ1) is 10.7. The zero-order chi connectivity index (χ0) is 20.2. The van der Waals surface area contributed by atoms with Gasteiger partial charge in [-0.3, -0.25) is 14.4 Å². The zero-order valence-electron chi connectivity index (χ0n) is 13.6. The summed E-state index contributed by atoms with van der Waals surface area (Å²) < 4.78 is 0. The van der Waals surface area contributed by atoms with Crippen molar-refractivity contribution in [2.75, 3.05) is 0 Å². The number of aliphatic hydroxyl groups excluding tert-OH is 3. The first-order valence-electron chi connectivity index (χ1n) is 6.66. The molecule has 12 N–H and O–H groups in total. The van der Waals surface area contributed by atoms with E-state index >= 15 is 0 Å². The molecule has 0 rings (SSSR count). The van der Waals surface area contributed by atoms with E-state index in [4.69, 9.17) is 47.8 Å². The molecule has 0 aliphatic heterocycles. The lowest BCUT2D eigenvalue weighted by molar-refractivity contribution is -0.141. The summed E-state index contributed by atoms with van der Waals surface area (Å²) in [4.78, 5) is 29.6. The molecule has 24 heavy (non-hydrogen) atoms. The predicted molar refractivity (Wildman–Crippen MR) is 81.9 cm³/mol. The third-order valence-corrected chi connectivity index (χ3v) is 2.41. The highest BCUT2D eigenvalue weighted by molar-refractivity contribution is 5.74. The van der Waals surface area contributed by atoms with Gasteiger partial charge in [-0.15, -0.1) is 0 Å². The van der Waals surface area contributed by atoms with Crippen LogP contribution < -0.4 is 17.2 Å². The van der Waals surface area contributed by atoms with E-state index in [0.717, 1.165) is 0 Å². The van der Waals surface area contributed by atoms with Crippen molar-refractivity contribution >= 4 is 17.9 Å². The number of hydrogen-bond acceptors (Lipinski definition) is 9. The van der Waals surface area contributed by atoms with Gasteiger partial charge in [0.25, 0.3) is 0 Å². The van der Waals surface area contributed by atoms with Crippen molar-refractivity contribution in [1.82, 2.24) is 0 Å². The number of carboxylic acid groups (broad SMARTS) is 3. The summed E-state index contributed by atoms with van der Waals surface area (Å²) in [6.45, 7) is 4.00. The van der Waals surface area contributed by atoms with Crippen molar-refractivity contribution < 1.29 is 45.0 Å². The van der Waals surface area contributed by atoms with Gasteiger partial charge in [0.15, 0.2) is 0 Å². The molecule has 0 saturated carbocycles. The van der Waals surface area contributed by atoms with Crippen molar-refractivity contribution in [1.29, 1.82) is 0 Å². The monoisotopic (exact) mass is 357 g/mol. The molecule has 0 aromatic carbocycles. The number of rotatable bonds is 6. The Hall–Kier alpha value is -1.83. The third kappa shape index (κ3) is 15.1. The average Bonchev–Trinajstić information content (AvgIpc) is 2.45. The molecule has 0 aromatic rings. The van der Waals surface area contributed by atoms with Gasteiger partial charge in [-0.25, -0.2) is 0 Å². The molecule has 12 nitrogen and oxygen atoms in total. The topological polar surface area (TPSA) is 251 Å². The van der Waals surface area contributed by atoms with Gasteiger partial charge in [-0.2, -0.15) is 0 Å². The summed E-state index contributed by atoms with van der Waals surface area (Å²) in [5.74, 6) is -3.54. The maximum absolute atomic E-state index is 9.86. The quantitative estimate of drug-likeness (QED) is 0.223. The van der Waals surface area contributed by atoms with Gasteiger partial charge in [0, 0.05) is 0 Å². The van der Waals surface area contributed by atoms with E-state index in [1.54, 1.807) is 0 Å². The van der Waals surface area contributed by atoms with Gasteiger partial charge in [0.2, 0.25) is 0 Å². The number of carboxylic acids is 3. The highest BCUT2D eigenvalue weighted by atomic mass is 16.4. The fourth-order valence-corrected chi connectivity index (χ4v) is 0.619. The summed E-state index contributed by atoms with van der Waals surface area (Å²) in [5, 5.41) is 49.7. The van der Waals surface area contributed by atoms with Gasteiger partial charge < -0.3 is 47.8 Å². The van der Waals surface area contributed by atoms with Crippen LogP contribution in [0, 0.1) is 0 Å². The van der Waals surface area contributed by atoms with E-state index in [2.05, 4.69) is 0 Å². The summed E-state index contributed by atoms with van der Waals surface area (Å²) in [6.07, 6.45) is -2.94. The van der Waals surface area contributed by atoms with Gasteiger partial charge in [-0.05, 0) is 20.8 Å². The van der Waals surface area contributed by atoms with Crippen molar-refractivity contribution in [3.63, 3.8) is 0 Å². The minimum absolute atomic E-state index is 0.979. The van der Waals surface area contributed by atoms with E-state index in [1.165, 1.54) is 20.8 Å². The molecule has 6 atom stereocenters. The normalized spacial score (nSPS) is 17.4. The van der Waals surface area contributed by atoms with Crippen molar-refractivity contribution in [2.24, 2.45) is 17.2 Å². The molecule has 0 aliphatic carbocycles. The standard InChI is InChI=1S/3C4H9NO3/c3*1-2(6)3(5)4(7)8/h3*2-3,6H,5H2,1H3,(H,7,8)/t3*2-,3+/m111/s1. The minimum Gasteiger partial charge on any atom is -0.480 e. The number of aliphatic carboxylic acids is 3. The van der Waals surface area contributed by atoms with Crippen LogP contribution in [0.25, 0.3) is 0 Å². The molecule has 0 radical (unpaired) electrons. The number of hydrogen-bond donors (Lipinski definition) is 9. The summed E-state index contributed by atoms with van der Waals surface area (Å²) >= 11 is 0. The predicted octanol–water partition coefficient (Wildman–Crippen LogP) is -3.66. The summed E-state index contributed by atoms with van der Waals surface area (Å²) in [5.41, 5.74) is 14.7. The van der Waals surface area contributed by atoms with Crippen LogP contribution in [-0.2, 0) is 14.4 Å². The Balaban J connectivity index is -0.000000276. The Kier molecular flexibility index (Phi) is 15.3. The lowest BCUT2D eigenvalue weighted by Crippen LogP contribution is -2.39. The van der Waals surface area contributed by atoms with Gasteiger partial charge in [0.1, 0.15) is 18.1 Å². The lowest BCUT2D eigenvalue weighted by atomic mass is 10.2. The van der Waals surface area contributed by atoms with E-state index in [0.29, 0.717) is 0 Å².